The molecule has 2 N–H and O–H groups in total. The molecule has 4 nitrogen and oxygen atoms in total. The van der Waals surface area contributed by atoms with E-state index in [1.807, 2.05) is 12.4 Å². The molecule has 0 aromatic carbocycles. The first kappa shape index (κ1) is 14.9. The molecular formula is C17H28N4. The lowest BCUT2D eigenvalue weighted by atomic mass is 9.89. The van der Waals surface area contributed by atoms with Crippen molar-refractivity contribution in [1.82, 2.24) is 14.9 Å². The molecule has 2 heterocycles. The van der Waals surface area contributed by atoms with Gasteiger partial charge in [0.15, 0.2) is 0 Å². The third kappa shape index (κ3) is 4.24. The third-order valence-corrected chi connectivity index (χ3v) is 4.97. The van der Waals surface area contributed by atoms with E-state index in [0.717, 1.165) is 38.3 Å². The maximum atomic E-state index is 6.04. The fraction of sp³-hybridized carbons (Fsp3) is 0.765. The minimum absolute atomic E-state index is 0.389. The van der Waals surface area contributed by atoms with Crippen molar-refractivity contribution in [2.24, 2.45) is 5.73 Å². The number of nitrogens with two attached hydrogens (primary N) is 1. The van der Waals surface area contributed by atoms with Crippen molar-refractivity contribution >= 4 is 0 Å². The summed E-state index contributed by atoms with van der Waals surface area (Å²) < 4.78 is 0. The molecule has 1 aromatic rings. The lowest BCUT2D eigenvalue weighted by Crippen LogP contribution is -2.26. The van der Waals surface area contributed by atoms with Crippen molar-refractivity contribution in [1.29, 1.82) is 0 Å². The Morgan fingerprint density at radius 1 is 0.952 bits per heavy atom. The summed E-state index contributed by atoms with van der Waals surface area (Å²) in [5, 5.41) is 0. The van der Waals surface area contributed by atoms with E-state index in [1.54, 1.807) is 0 Å². The van der Waals surface area contributed by atoms with E-state index in [1.165, 1.54) is 44.1 Å². The summed E-state index contributed by atoms with van der Waals surface area (Å²) in [7, 11) is 0. The second-order valence-electron chi connectivity index (χ2n) is 6.75. The third-order valence-electron chi connectivity index (χ3n) is 4.97. The lowest BCUT2D eigenvalue weighted by Gasteiger charge is -2.21. The van der Waals surface area contributed by atoms with Crippen LogP contribution in [0.1, 0.15) is 68.7 Å². The molecule has 0 amide bonds. The Labute approximate surface area is 128 Å². The van der Waals surface area contributed by atoms with Crippen molar-refractivity contribution in [3.05, 3.63) is 23.8 Å². The summed E-state index contributed by atoms with van der Waals surface area (Å²) in [5.74, 6) is 1.67. The zero-order chi connectivity index (χ0) is 14.5. The molecule has 1 saturated heterocycles. The van der Waals surface area contributed by atoms with Crippen LogP contribution in [0.2, 0.25) is 0 Å². The molecular weight excluding hydrogens is 260 g/mol. The van der Waals surface area contributed by atoms with Gasteiger partial charge in [-0.2, -0.15) is 0 Å². The van der Waals surface area contributed by atoms with Crippen LogP contribution in [0.3, 0.4) is 0 Å². The Morgan fingerprint density at radius 2 is 1.71 bits per heavy atom. The van der Waals surface area contributed by atoms with Crippen LogP contribution in [0.4, 0.5) is 0 Å². The maximum Gasteiger partial charge on any atom is 0.131 e. The normalized spacial score (nSPS) is 25.7. The van der Waals surface area contributed by atoms with Gasteiger partial charge in [-0.25, -0.2) is 9.97 Å². The van der Waals surface area contributed by atoms with Crippen LogP contribution in [-0.2, 0) is 6.54 Å². The number of nitrogens with zero attached hydrogens (tertiary/aromatic N) is 3. The van der Waals surface area contributed by atoms with Crippen LogP contribution in [0, 0.1) is 0 Å². The molecule has 1 aliphatic carbocycles. The van der Waals surface area contributed by atoms with Crippen LogP contribution in [0.5, 0.6) is 0 Å². The van der Waals surface area contributed by atoms with Crippen molar-refractivity contribution in [2.45, 2.75) is 69.9 Å². The molecule has 0 radical (unpaired) electrons. The second-order valence-corrected chi connectivity index (χ2v) is 6.75. The molecule has 0 spiro atoms. The summed E-state index contributed by atoms with van der Waals surface area (Å²) in [6.07, 6.45) is 14.2. The van der Waals surface area contributed by atoms with Gasteiger partial charge in [-0.1, -0.05) is 19.3 Å². The average molecular weight is 288 g/mol. The zero-order valence-corrected chi connectivity index (χ0v) is 13.0. The average Bonchev–Trinajstić information content (AvgIpc) is 2.74. The standard InChI is InChI=1S/C17H28N4/c18-16-7-4-9-21(10-8-16)13-14-11-19-17(20-12-14)15-5-2-1-3-6-15/h11-12,15-16H,1-10,13,18H2/t16-/m1/s1. The highest BCUT2D eigenvalue weighted by atomic mass is 15.1. The smallest absolute Gasteiger partial charge is 0.131 e. The van der Waals surface area contributed by atoms with E-state index in [0.29, 0.717) is 12.0 Å². The lowest BCUT2D eigenvalue weighted by molar-refractivity contribution is 0.275. The summed E-state index contributed by atoms with van der Waals surface area (Å²) >= 11 is 0. The van der Waals surface area contributed by atoms with Gasteiger partial charge in [0.05, 0.1) is 0 Å². The number of aromatic nitrogens is 2. The first-order valence-corrected chi connectivity index (χ1v) is 8.60. The van der Waals surface area contributed by atoms with Crippen LogP contribution >= 0.6 is 0 Å². The molecule has 4 heteroatoms. The van der Waals surface area contributed by atoms with Crippen LogP contribution in [-0.4, -0.2) is 34.0 Å². The van der Waals surface area contributed by atoms with E-state index in [-0.39, 0.29) is 0 Å². The Kier molecular flexibility index (Phi) is 5.20. The van der Waals surface area contributed by atoms with E-state index in [2.05, 4.69) is 14.9 Å². The number of hydrogen-bond acceptors (Lipinski definition) is 4. The Hall–Kier alpha value is -1.00. The highest BCUT2D eigenvalue weighted by Crippen LogP contribution is 2.30. The van der Waals surface area contributed by atoms with Gasteiger partial charge in [-0.3, -0.25) is 4.90 Å². The summed E-state index contributed by atoms with van der Waals surface area (Å²) in [4.78, 5) is 11.8. The molecule has 1 aliphatic heterocycles. The highest BCUT2D eigenvalue weighted by molar-refractivity contribution is 5.08. The molecule has 3 rings (SSSR count). The monoisotopic (exact) mass is 288 g/mol. The summed E-state index contributed by atoms with van der Waals surface area (Å²) in [6, 6.07) is 0.389. The van der Waals surface area contributed by atoms with Gasteiger partial charge in [0.2, 0.25) is 0 Å². The van der Waals surface area contributed by atoms with Crippen molar-refractivity contribution < 1.29 is 0 Å². The molecule has 2 aliphatic rings. The molecule has 0 bridgehead atoms. The Balaban J connectivity index is 1.56. The molecule has 1 aromatic heterocycles. The molecule has 1 saturated carbocycles. The molecule has 1 atom stereocenters. The van der Waals surface area contributed by atoms with E-state index in [4.69, 9.17) is 5.73 Å². The van der Waals surface area contributed by atoms with Crippen molar-refractivity contribution in [3.63, 3.8) is 0 Å². The number of likely N-dealkylation sites (tertiary alicyclic amines) is 1. The molecule has 21 heavy (non-hydrogen) atoms. The minimum Gasteiger partial charge on any atom is -0.328 e. The topological polar surface area (TPSA) is 55.0 Å². The zero-order valence-electron chi connectivity index (χ0n) is 13.0. The number of hydrogen-bond donors (Lipinski definition) is 1. The van der Waals surface area contributed by atoms with Gasteiger partial charge in [0.25, 0.3) is 0 Å². The minimum atomic E-state index is 0.389. The largest absolute Gasteiger partial charge is 0.328 e. The summed E-state index contributed by atoms with van der Waals surface area (Å²) in [5.41, 5.74) is 7.28. The van der Waals surface area contributed by atoms with Crippen LogP contribution in [0.15, 0.2) is 12.4 Å². The van der Waals surface area contributed by atoms with Crippen molar-refractivity contribution in [3.8, 4) is 0 Å². The predicted octanol–water partition coefficient (Wildman–Crippen LogP) is 2.84. The Bertz CT molecular complexity index is 425. The molecule has 2 fully saturated rings. The van der Waals surface area contributed by atoms with Gasteiger partial charge < -0.3 is 5.73 Å². The SMILES string of the molecule is N[C@@H]1CCCN(Cc2cnc(C3CCCCC3)nc2)CC1. The molecule has 0 unspecified atom stereocenters. The second kappa shape index (κ2) is 7.32. The van der Waals surface area contributed by atoms with E-state index >= 15 is 0 Å². The fourth-order valence-corrected chi connectivity index (χ4v) is 3.62. The van der Waals surface area contributed by atoms with E-state index in [9.17, 15) is 0 Å². The van der Waals surface area contributed by atoms with Crippen LogP contribution < -0.4 is 5.73 Å². The highest BCUT2D eigenvalue weighted by Gasteiger charge is 2.18. The summed E-state index contributed by atoms with van der Waals surface area (Å²) in [6.45, 7) is 3.22. The maximum absolute atomic E-state index is 6.04. The Morgan fingerprint density at radius 3 is 2.48 bits per heavy atom. The van der Waals surface area contributed by atoms with Gasteiger partial charge in [0.1, 0.15) is 5.82 Å². The van der Waals surface area contributed by atoms with Crippen molar-refractivity contribution in [2.75, 3.05) is 13.1 Å². The number of rotatable bonds is 3. The quantitative estimate of drug-likeness (QED) is 0.929. The molecule has 116 valence electrons. The van der Waals surface area contributed by atoms with E-state index < -0.39 is 0 Å². The fourth-order valence-electron chi connectivity index (χ4n) is 3.62. The predicted molar refractivity (Wildman–Crippen MR) is 85.0 cm³/mol. The first-order valence-electron chi connectivity index (χ1n) is 8.60. The van der Waals surface area contributed by atoms with Gasteiger partial charge in [-0.15, -0.1) is 0 Å². The van der Waals surface area contributed by atoms with Gasteiger partial charge in [-0.05, 0) is 45.2 Å². The van der Waals surface area contributed by atoms with Gasteiger partial charge >= 0.3 is 0 Å². The van der Waals surface area contributed by atoms with Gasteiger partial charge in [0, 0.05) is 36.5 Å². The van der Waals surface area contributed by atoms with Crippen LogP contribution in [0.25, 0.3) is 0 Å². The first-order chi connectivity index (χ1) is 10.3.